The molecule has 6 nitrogen and oxygen atoms in total. The molecule has 1 aromatic heterocycles. The van der Waals surface area contributed by atoms with Crippen LogP contribution < -0.4 is 5.73 Å². The van der Waals surface area contributed by atoms with Gasteiger partial charge in [0.25, 0.3) is 0 Å². The fourth-order valence-corrected chi connectivity index (χ4v) is 3.45. The second-order valence-corrected chi connectivity index (χ2v) is 8.32. The summed E-state index contributed by atoms with van der Waals surface area (Å²) in [4.78, 5) is 30.0. The number of piperidine rings is 1. The van der Waals surface area contributed by atoms with Crippen molar-refractivity contribution in [3.8, 4) is 0 Å². The molecule has 0 aliphatic carbocycles. The van der Waals surface area contributed by atoms with E-state index in [1.807, 2.05) is 26.2 Å². The Labute approximate surface area is 145 Å². The normalized spacial score (nSPS) is 17.8. The van der Waals surface area contributed by atoms with Crippen LogP contribution >= 0.6 is 22.9 Å². The van der Waals surface area contributed by atoms with E-state index in [0.717, 1.165) is 5.69 Å². The third-order valence-electron chi connectivity index (χ3n) is 3.94. The van der Waals surface area contributed by atoms with Gasteiger partial charge in [-0.1, -0.05) is 11.6 Å². The van der Waals surface area contributed by atoms with Gasteiger partial charge in [-0.3, -0.25) is 4.79 Å². The Bertz CT molecular complexity index is 589. The predicted molar refractivity (Wildman–Crippen MR) is 89.5 cm³/mol. The van der Waals surface area contributed by atoms with Gasteiger partial charge < -0.3 is 15.4 Å². The van der Waals surface area contributed by atoms with Crippen LogP contribution in [0.4, 0.5) is 4.79 Å². The third-order valence-corrected chi connectivity index (χ3v) is 4.97. The molecule has 2 heterocycles. The maximum absolute atomic E-state index is 12.1. The molecule has 1 fully saturated rings. The van der Waals surface area contributed by atoms with Gasteiger partial charge in [0, 0.05) is 24.9 Å². The van der Waals surface area contributed by atoms with Gasteiger partial charge >= 0.3 is 6.09 Å². The van der Waals surface area contributed by atoms with Crippen molar-refractivity contribution in [2.75, 3.05) is 13.1 Å². The Kier molecular flexibility index (Phi) is 5.20. The molecular formula is C15H22ClN3O3S. The largest absolute Gasteiger partial charge is 0.444 e. The van der Waals surface area contributed by atoms with Crippen LogP contribution in [0.5, 0.6) is 0 Å². The Morgan fingerprint density at radius 3 is 2.48 bits per heavy atom. The Morgan fingerprint density at radius 1 is 1.43 bits per heavy atom. The molecule has 0 unspecified atom stereocenters. The second kappa shape index (κ2) is 6.65. The van der Waals surface area contributed by atoms with Crippen LogP contribution in [0.15, 0.2) is 5.38 Å². The third kappa shape index (κ3) is 4.57. The number of primary amides is 1. The van der Waals surface area contributed by atoms with Crippen LogP contribution in [0.1, 0.15) is 39.3 Å². The highest BCUT2D eigenvalue weighted by molar-refractivity contribution is 7.13. The fraction of sp³-hybridized carbons (Fsp3) is 0.667. The molecule has 128 valence electrons. The maximum Gasteiger partial charge on any atom is 0.410 e. The summed E-state index contributed by atoms with van der Waals surface area (Å²) in [6.45, 7) is 6.36. The van der Waals surface area contributed by atoms with Crippen molar-refractivity contribution in [1.29, 1.82) is 0 Å². The summed E-state index contributed by atoms with van der Waals surface area (Å²) in [5, 5.41) is 1.84. The van der Waals surface area contributed by atoms with Gasteiger partial charge in [-0.15, -0.1) is 11.3 Å². The van der Waals surface area contributed by atoms with Crippen LogP contribution in [0.2, 0.25) is 4.47 Å². The molecule has 2 amide bonds. The lowest BCUT2D eigenvalue weighted by molar-refractivity contribution is -0.130. The summed E-state index contributed by atoms with van der Waals surface area (Å²) < 4.78 is 5.82. The number of ether oxygens (including phenoxy) is 1. The van der Waals surface area contributed by atoms with E-state index in [-0.39, 0.29) is 12.0 Å². The molecule has 0 bridgehead atoms. The van der Waals surface area contributed by atoms with Crippen molar-refractivity contribution in [3.63, 3.8) is 0 Å². The number of aromatic nitrogens is 1. The summed E-state index contributed by atoms with van der Waals surface area (Å²) in [6, 6.07) is 0. The van der Waals surface area contributed by atoms with Crippen LogP contribution in [0.25, 0.3) is 0 Å². The van der Waals surface area contributed by atoms with Crippen molar-refractivity contribution in [2.24, 2.45) is 11.1 Å². The van der Waals surface area contributed by atoms with Crippen molar-refractivity contribution < 1.29 is 14.3 Å². The number of nitrogens with zero attached hydrogens (tertiary/aromatic N) is 2. The molecule has 23 heavy (non-hydrogen) atoms. The van der Waals surface area contributed by atoms with Gasteiger partial charge in [0.05, 0.1) is 11.1 Å². The summed E-state index contributed by atoms with van der Waals surface area (Å²) in [5.41, 5.74) is 5.20. The van der Waals surface area contributed by atoms with Gasteiger partial charge in [-0.05, 0) is 33.6 Å². The molecule has 1 aliphatic heterocycles. The first-order valence-electron chi connectivity index (χ1n) is 7.49. The van der Waals surface area contributed by atoms with Crippen molar-refractivity contribution in [3.05, 3.63) is 15.5 Å². The molecule has 1 aromatic rings. The summed E-state index contributed by atoms with van der Waals surface area (Å²) in [6.07, 6.45) is 1.09. The molecule has 0 radical (unpaired) electrons. The number of rotatable bonds is 3. The number of carbonyl (C=O) groups is 2. The molecule has 8 heteroatoms. The Balaban J connectivity index is 2.03. The van der Waals surface area contributed by atoms with E-state index >= 15 is 0 Å². The molecular weight excluding hydrogens is 338 g/mol. The van der Waals surface area contributed by atoms with Crippen LogP contribution in [-0.4, -0.2) is 40.6 Å². The lowest BCUT2D eigenvalue weighted by Gasteiger charge is -2.39. The molecule has 0 saturated carbocycles. The number of hydrogen-bond donors (Lipinski definition) is 1. The number of nitrogens with two attached hydrogens (primary N) is 1. The van der Waals surface area contributed by atoms with Crippen LogP contribution in [0.3, 0.4) is 0 Å². The topological polar surface area (TPSA) is 85.5 Å². The maximum atomic E-state index is 12.1. The van der Waals surface area contributed by atoms with Crippen LogP contribution in [-0.2, 0) is 16.0 Å². The highest BCUT2D eigenvalue weighted by Gasteiger charge is 2.42. The van der Waals surface area contributed by atoms with Crippen molar-refractivity contribution in [2.45, 2.75) is 45.6 Å². The number of carbonyl (C=O) groups excluding carboxylic acids is 2. The Morgan fingerprint density at radius 2 is 2.04 bits per heavy atom. The number of hydrogen-bond acceptors (Lipinski definition) is 5. The monoisotopic (exact) mass is 359 g/mol. The standard InChI is InChI=1S/C15H22ClN3O3S/c1-14(2,3)22-13(21)19-6-4-15(5-7-19,11(17)20)8-10-9-23-12(16)18-10/h9H,4-8H2,1-3H3,(H2,17,20). The lowest BCUT2D eigenvalue weighted by atomic mass is 9.74. The molecule has 0 aromatic carbocycles. The van der Waals surface area contributed by atoms with E-state index in [1.54, 1.807) is 4.90 Å². The molecule has 1 saturated heterocycles. The number of likely N-dealkylation sites (tertiary alicyclic amines) is 1. The van der Waals surface area contributed by atoms with E-state index in [9.17, 15) is 9.59 Å². The first-order valence-corrected chi connectivity index (χ1v) is 8.75. The lowest BCUT2D eigenvalue weighted by Crippen LogP contribution is -2.50. The SMILES string of the molecule is CC(C)(C)OC(=O)N1CCC(Cc2csc(Cl)n2)(C(N)=O)CC1. The summed E-state index contributed by atoms with van der Waals surface area (Å²) >= 11 is 7.18. The molecule has 0 atom stereocenters. The number of amides is 2. The highest BCUT2D eigenvalue weighted by atomic mass is 35.5. The molecule has 2 N–H and O–H groups in total. The van der Waals surface area contributed by atoms with E-state index < -0.39 is 11.0 Å². The molecule has 0 spiro atoms. The van der Waals surface area contributed by atoms with Gasteiger partial charge in [0.15, 0.2) is 4.47 Å². The molecule has 2 rings (SSSR count). The van der Waals surface area contributed by atoms with E-state index in [0.29, 0.717) is 36.8 Å². The Hall–Kier alpha value is -1.34. The minimum absolute atomic E-state index is 0.354. The number of thiazole rings is 1. The first-order chi connectivity index (χ1) is 10.6. The minimum atomic E-state index is -0.685. The average Bonchev–Trinajstić information content (AvgIpc) is 2.82. The van der Waals surface area contributed by atoms with Gasteiger partial charge in [-0.25, -0.2) is 9.78 Å². The second-order valence-electron chi connectivity index (χ2n) is 6.88. The first kappa shape index (κ1) is 18.0. The van der Waals surface area contributed by atoms with E-state index in [4.69, 9.17) is 22.1 Å². The average molecular weight is 360 g/mol. The predicted octanol–water partition coefficient (Wildman–Crippen LogP) is 2.84. The minimum Gasteiger partial charge on any atom is -0.444 e. The fourth-order valence-electron chi connectivity index (χ4n) is 2.66. The smallest absolute Gasteiger partial charge is 0.410 e. The highest BCUT2D eigenvalue weighted by Crippen LogP contribution is 2.36. The zero-order valence-electron chi connectivity index (χ0n) is 13.6. The zero-order chi connectivity index (χ0) is 17.3. The summed E-state index contributed by atoms with van der Waals surface area (Å²) in [5.74, 6) is -0.356. The summed E-state index contributed by atoms with van der Waals surface area (Å²) in [7, 11) is 0. The molecule has 1 aliphatic rings. The number of halogens is 1. The van der Waals surface area contributed by atoms with E-state index in [2.05, 4.69) is 4.98 Å². The van der Waals surface area contributed by atoms with E-state index in [1.165, 1.54) is 11.3 Å². The quantitative estimate of drug-likeness (QED) is 0.899. The van der Waals surface area contributed by atoms with Gasteiger partial charge in [0.1, 0.15) is 5.60 Å². The van der Waals surface area contributed by atoms with Gasteiger partial charge in [0.2, 0.25) is 5.91 Å². The zero-order valence-corrected chi connectivity index (χ0v) is 15.2. The van der Waals surface area contributed by atoms with Crippen molar-refractivity contribution >= 4 is 34.9 Å². The van der Waals surface area contributed by atoms with Crippen LogP contribution in [0, 0.1) is 5.41 Å². The van der Waals surface area contributed by atoms with Crippen molar-refractivity contribution in [1.82, 2.24) is 9.88 Å². The van der Waals surface area contributed by atoms with Gasteiger partial charge in [-0.2, -0.15) is 0 Å².